The number of carbonyl (C=O) groups is 1. The molecule has 3 rings (SSSR count). The molecule has 1 aliphatic rings. The fraction of sp³-hybridized carbons (Fsp3) is 0.450. The van der Waals surface area contributed by atoms with Gasteiger partial charge in [-0.15, -0.1) is 0 Å². The van der Waals surface area contributed by atoms with Crippen LogP contribution in [0.3, 0.4) is 0 Å². The summed E-state index contributed by atoms with van der Waals surface area (Å²) >= 11 is 0. The molecule has 1 aromatic heterocycles. The molecule has 29 heavy (non-hydrogen) atoms. The highest BCUT2D eigenvalue weighted by atomic mass is 32.2. The average molecular weight is 424 g/mol. The van der Waals surface area contributed by atoms with E-state index >= 15 is 0 Å². The lowest BCUT2D eigenvalue weighted by Gasteiger charge is -2.32. The number of aromatic nitrogens is 1. The molecule has 1 N–H and O–H groups in total. The number of hydrogen-bond acceptors (Lipinski definition) is 5. The summed E-state index contributed by atoms with van der Waals surface area (Å²) in [5.74, 6) is -0.571. The minimum Gasteiger partial charge on any atom is -0.464 e. The minimum absolute atomic E-state index is 0.0392. The molecule has 7 nitrogen and oxygen atoms in total. The molecule has 1 aromatic carbocycles. The van der Waals surface area contributed by atoms with Crippen LogP contribution >= 0.6 is 0 Å². The number of halogens is 1. The van der Waals surface area contributed by atoms with Gasteiger partial charge in [-0.25, -0.2) is 22.3 Å². The van der Waals surface area contributed by atoms with Gasteiger partial charge in [0, 0.05) is 31.9 Å². The lowest BCUT2D eigenvalue weighted by atomic mass is 9.97. The van der Waals surface area contributed by atoms with Crippen molar-refractivity contribution in [3.05, 3.63) is 53.6 Å². The van der Waals surface area contributed by atoms with Crippen LogP contribution in [-0.2, 0) is 28.4 Å². The number of methoxy groups -OCH3 is 1. The van der Waals surface area contributed by atoms with E-state index in [1.807, 2.05) is 6.07 Å². The van der Waals surface area contributed by atoms with Crippen LogP contribution in [0.15, 0.2) is 41.4 Å². The van der Waals surface area contributed by atoms with Crippen molar-refractivity contribution in [3.8, 4) is 0 Å². The fourth-order valence-electron chi connectivity index (χ4n) is 3.52. The summed E-state index contributed by atoms with van der Waals surface area (Å²) in [6, 6.07) is 8.07. The van der Waals surface area contributed by atoms with Gasteiger partial charge in [-0.3, -0.25) is 4.90 Å². The molecule has 1 aliphatic heterocycles. The summed E-state index contributed by atoms with van der Waals surface area (Å²) in [4.78, 5) is 13.9. The first kappa shape index (κ1) is 21.5. The van der Waals surface area contributed by atoms with Crippen LogP contribution in [0.1, 0.15) is 28.9 Å². The lowest BCUT2D eigenvalue weighted by molar-refractivity contribution is 0.0590. The van der Waals surface area contributed by atoms with E-state index in [4.69, 9.17) is 0 Å². The number of likely N-dealkylation sites (tertiary alicyclic amines) is 1. The van der Waals surface area contributed by atoms with E-state index in [1.165, 1.54) is 30.0 Å². The largest absolute Gasteiger partial charge is 0.464 e. The second-order valence-corrected chi connectivity index (χ2v) is 9.09. The first-order valence-corrected chi connectivity index (χ1v) is 11.0. The Labute approximate surface area is 170 Å². The third-order valence-electron chi connectivity index (χ3n) is 5.31. The lowest BCUT2D eigenvalue weighted by Crippen LogP contribution is -2.38. The van der Waals surface area contributed by atoms with Crippen molar-refractivity contribution in [1.82, 2.24) is 14.2 Å². The molecule has 0 saturated carbocycles. The smallest absolute Gasteiger partial charge is 0.354 e. The first-order valence-electron chi connectivity index (χ1n) is 9.50. The number of benzene rings is 1. The van der Waals surface area contributed by atoms with Gasteiger partial charge in [-0.2, -0.15) is 0 Å². The number of nitrogens with one attached hydrogen (secondary N) is 1. The van der Waals surface area contributed by atoms with Crippen molar-refractivity contribution >= 4 is 16.0 Å². The molecule has 0 amide bonds. The number of hydrogen-bond donors (Lipinski definition) is 1. The quantitative estimate of drug-likeness (QED) is 0.690. The maximum Gasteiger partial charge on any atom is 0.354 e. The SMILES string of the molecule is COC(=O)c1cc(S(=O)(=O)NCC2CCN(Cc3ccccc3F)CC2)cn1C. The molecule has 1 fully saturated rings. The van der Waals surface area contributed by atoms with Crippen molar-refractivity contribution in [2.75, 3.05) is 26.7 Å². The molecular weight excluding hydrogens is 397 g/mol. The van der Waals surface area contributed by atoms with E-state index in [2.05, 4.69) is 14.4 Å². The summed E-state index contributed by atoms with van der Waals surface area (Å²) in [5.41, 5.74) is 0.853. The van der Waals surface area contributed by atoms with Gasteiger partial charge in [0.25, 0.3) is 0 Å². The van der Waals surface area contributed by atoms with Gasteiger partial charge in [0.2, 0.25) is 10.0 Å². The minimum atomic E-state index is -3.71. The van der Waals surface area contributed by atoms with Crippen LogP contribution in [0.25, 0.3) is 0 Å². The standard InChI is InChI=1S/C20H26FN3O4S/c1-23-14-17(11-19(23)20(25)28-2)29(26,27)22-12-15-7-9-24(10-8-15)13-16-5-3-4-6-18(16)21/h3-6,11,14-15,22H,7-10,12-13H2,1-2H3. The summed E-state index contributed by atoms with van der Waals surface area (Å²) in [5, 5.41) is 0. The van der Waals surface area contributed by atoms with Gasteiger partial charge in [0.1, 0.15) is 16.4 Å². The normalized spacial score (nSPS) is 16.1. The maximum atomic E-state index is 13.8. The summed E-state index contributed by atoms with van der Waals surface area (Å²) in [6.07, 6.45) is 3.06. The second-order valence-electron chi connectivity index (χ2n) is 7.33. The fourth-order valence-corrected chi connectivity index (χ4v) is 4.70. The van der Waals surface area contributed by atoms with Crippen LogP contribution in [-0.4, -0.2) is 50.6 Å². The Morgan fingerprint density at radius 1 is 1.28 bits per heavy atom. The van der Waals surface area contributed by atoms with Crippen LogP contribution in [0.2, 0.25) is 0 Å². The number of aryl methyl sites for hydroxylation is 1. The van der Waals surface area contributed by atoms with Crippen molar-refractivity contribution < 1.29 is 22.3 Å². The second kappa shape index (κ2) is 9.06. The van der Waals surface area contributed by atoms with Crippen molar-refractivity contribution in [2.45, 2.75) is 24.3 Å². The Bertz CT molecular complexity index is 966. The van der Waals surface area contributed by atoms with Crippen LogP contribution in [0.5, 0.6) is 0 Å². The third-order valence-corrected chi connectivity index (χ3v) is 6.70. The summed E-state index contributed by atoms with van der Waals surface area (Å²) in [7, 11) is -0.868. The predicted octanol–water partition coefficient (Wildman–Crippen LogP) is 2.14. The van der Waals surface area contributed by atoms with E-state index in [1.54, 1.807) is 19.2 Å². The summed E-state index contributed by atoms with van der Waals surface area (Å²) < 4.78 is 47.7. The molecule has 0 spiro atoms. The highest BCUT2D eigenvalue weighted by molar-refractivity contribution is 7.89. The molecule has 0 atom stereocenters. The molecule has 2 aromatic rings. The predicted molar refractivity (Wildman–Crippen MR) is 106 cm³/mol. The van der Waals surface area contributed by atoms with Gasteiger partial charge >= 0.3 is 5.97 Å². The van der Waals surface area contributed by atoms with E-state index < -0.39 is 16.0 Å². The molecule has 1 saturated heterocycles. The molecule has 2 heterocycles. The molecule has 9 heteroatoms. The molecule has 0 radical (unpaired) electrons. The number of esters is 1. The number of rotatable bonds is 7. The van der Waals surface area contributed by atoms with E-state index in [-0.39, 0.29) is 22.3 Å². The third kappa shape index (κ3) is 5.23. The van der Waals surface area contributed by atoms with Crippen LogP contribution < -0.4 is 4.72 Å². The zero-order valence-corrected chi connectivity index (χ0v) is 17.4. The zero-order chi connectivity index (χ0) is 21.0. The highest BCUT2D eigenvalue weighted by Crippen LogP contribution is 2.21. The zero-order valence-electron chi connectivity index (χ0n) is 16.6. The Balaban J connectivity index is 1.52. The Morgan fingerprint density at radius 3 is 2.62 bits per heavy atom. The van der Waals surface area contributed by atoms with Gasteiger partial charge in [0.15, 0.2) is 0 Å². The topological polar surface area (TPSA) is 80.6 Å². The number of piperidine rings is 1. The van der Waals surface area contributed by atoms with E-state index in [0.29, 0.717) is 18.7 Å². The Hall–Kier alpha value is -2.23. The Kier molecular flexibility index (Phi) is 6.71. The summed E-state index contributed by atoms with van der Waals surface area (Å²) in [6.45, 7) is 2.47. The monoisotopic (exact) mass is 423 g/mol. The van der Waals surface area contributed by atoms with Gasteiger partial charge in [-0.1, -0.05) is 18.2 Å². The molecule has 0 aliphatic carbocycles. The van der Waals surface area contributed by atoms with E-state index in [9.17, 15) is 17.6 Å². The number of ether oxygens (including phenoxy) is 1. The van der Waals surface area contributed by atoms with Gasteiger partial charge in [0.05, 0.1) is 7.11 Å². The van der Waals surface area contributed by atoms with Crippen LogP contribution in [0, 0.1) is 11.7 Å². The van der Waals surface area contributed by atoms with Crippen LogP contribution in [0.4, 0.5) is 4.39 Å². The number of nitrogens with zero attached hydrogens (tertiary/aromatic N) is 2. The molecule has 0 bridgehead atoms. The van der Waals surface area contributed by atoms with Gasteiger partial charge < -0.3 is 9.30 Å². The molecular formula is C20H26FN3O4S. The van der Waals surface area contributed by atoms with Gasteiger partial charge in [-0.05, 0) is 44.0 Å². The number of carbonyl (C=O) groups excluding carboxylic acids is 1. The number of sulfonamides is 1. The average Bonchev–Trinajstić information content (AvgIpc) is 3.11. The van der Waals surface area contributed by atoms with Crippen molar-refractivity contribution in [3.63, 3.8) is 0 Å². The van der Waals surface area contributed by atoms with E-state index in [0.717, 1.165) is 25.9 Å². The maximum absolute atomic E-state index is 13.8. The highest BCUT2D eigenvalue weighted by Gasteiger charge is 2.24. The molecule has 158 valence electrons. The Morgan fingerprint density at radius 2 is 1.97 bits per heavy atom. The van der Waals surface area contributed by atoms with Crippen molar-refractivity contribution in [1.29, 1.82) is 0 Å². The first-order chi connectivity index (χ1) is 13.8. The van der Waals surface area contributed by atoms with Crippen molar-refractivity contribution in [2.24, 2.45) is 13.0 Å². The molecule has 0 unspecified atom stereocenters.